The number of nitriles is 1. The first-order chi connectivity index (χ1) is 17.4. The Hall–Kier alpha value is -2.25. The SMILES string of the molecule is CCn1c(CCCOc2ccc(Cl)cc2Cl)nnc1SCC(=O)Nc1sc2c(c1C#N)CCC(C)C2. The highest BCUT2D eigenvalue weighted by molar-refractivity contribution is 7.99. The first kappa shape index (κ1) is 26.8. The fraction of sp³-hybridized carbons (Fsp3) is 0.440. The zero-order chi connectivity index (χ0) is 25.7. The van der Waals surface area contributed by atoms with E-state index < -0.39 is 0 Å². The third-order valence-electron chi connectivity index (χ3n) is 6.01. The number of hydrogen-bond acceptors (Lipinski definition) is 7. The molecule has 36 heavy (non-hydrogen) atoms. The molecule has 11 heteroatoms. The van der Waals surface area contributed by atoms with Crippen LogP contribution in [-0.2, 0) is 30.6 Å². The highest BCUT2D eigenvalue weighted by atomic mass is 35.5. The maximum Gasteiger partial charge on any atom is 0.235 e. The maximum absolute atomic E-state index is 12.7. The van der Waals surface area contributed by atoms with Crippen molar-refractivity contribution in [3.8, 4) is 11.8 Å². The van der Waals surface area contributed by atoms with E-state index in [2.05, 4.69) is 28.5 Å². The van der Waals surface area contributed by atoms with E-state index in [1.807, 2.05) is 11.5 Å². The molecule has 2 heterocycles. The van der Waals surface area contributed by atoms with Gasteiger partial charge in [0.2, 0.25) is 5.91 Å². The number of carbonyl (C=O) groups is 1. The number of aryl methyl sites for hydroxylation is 1. The highest BCUT2D eigenvalue weighted by Gasteiger charge is 2.25. The standard InChI is InChI=1S/C25H27Cl2N5O2S2/c1-3-32-22(5-4-10-34-20-9-7-16(26)12-19(20)27)30-31-25(32)35-14-23(33)29-24-18(13-28)17-8-6-15(2)11-21(17)36-24/h7,9,12,15H,3-6,8,10-11,14H2,1-2H3,(H,29,33). The molecule has 1 amide bonds. The summed E-state index contributed by atoms with van der Waals surface area (Å²) < 4.78 is 7.77. The lowest BCUT2D eigenvalue weighted by Gasteiger charge is -2.17. The number of amides is 1. The normalized spacial score (nSPS) is 14.8. The van der Waals surface area contributed by atoms with Crippen LogP contribution >= 0.6 is 46.3 Å². The topological polar surface area (TPSA) is 92.8 Å². The van der Waals surface area contributed by atoms with E-state index >= 15 is 0 Å². The monoisotopic (exact) mass is 563 g/mol. The molecule has 1 N–H and O–H groups in total. The minimum absolute atomic E-state index is 0.149. The summed E-state index contributed by atoms with van der Waals surface area (Å²) in [5.41, 5.74) is 1.74. The summed E-state index contributed by atoms with van der Waals surface area (Å²) in [7, 11) is 0. The molecule has 1 aromatic carbocycles. The number of thioether (sulfide) groups is 1. The lowest BCUT2D eigenvalue weighted by atomic mass is 9.89. The number of halogens is 2. The van der Waals surface area contributed by atoms with Crippen LogP contribution in [0.4, 0.5) is 5.00 Å². The van der Waals surface area contributed by atoms with Gasteiger partial charge in [-0.3, -0.25) is 4.79 Å². The lowest BCUT2D eigenvalue weighted by Crippen LogP contribution is -2.15. The molecule has 0 fully saturated rings. The summed E-state index contributed by atoms with van der Waals surface area (Å²) in [4.78, 5) is 13.9. The van der Waals surface area contributed by atoms with Gasteiger partial charge in [-0.15, -0.1) is 21.5 Å². The molecule has 0 saturated carbocycles. The molecule has 1 unspecified atom stereocenters. The van der Waals surface area contributed by atoms with Crippen molar-refractivity contribution in [2.45, 2.75) is 57.7 Å². The van der Waals surface area contributed by atoms with Crippen LogP contribution in [0.3, 0.4) is 0 Å². The van der Waals surface area contributed by atoms with Crippen molar-refractivity contribution in [3.05, 3.63) is 50.1 Å². The van der Waals surface area contributed by atoms with E-state index in [1.54, 1.807) is 18.2 Å². The van der Waals surface area contributed by atoms with Gasteiger partial charge in [-0.2, -0.15) is 5.26 Å². The van der Waals surface area contributed by atoms with Gasteiger partial charge in [-0.1, -0.05) is 41.9 Å². The van der Waals surface area contributed by atoms with Crippen molar-refractivity contribution >= 4 is 57.2 Å². The van der Waals surface area contributed by atoms with Crippen LogP contribution in [-0.4, -0.2) is 33.0 Å². The Morgan fingerprint density at radius 1 is 1.39 bits per heavy atom. The largest absolute Gasteiger partial charge is 0.492 e. The lowest BCUT2D eigenvalue weighted by molar-refractivity contribution is -0.113. The van der Waals surface area contributed by atoms with Gasteiger partial charge in [0.05, 0.1) is 22.9 Å². The number of nitrogens with one attached hydrogen (secondary N) is 1. The van der Waals surface area contributed by atoms with Crippen molar-refractivity contribution in [2.24, 2.45) is 5.92 Å². The zero-order valence-electron chi connectivity index (χ0n) is 20.1. The number of rotatable bonds is 10. The van der Waals surface area contributed by atoms with Crippen LogP contribution in [0.2, 0.25) is 10.0 Å². The first-order valence-corrected chi connectivity index (χ1v) is 14.4. The van der Waals surface area contributed by atoms with E-state index in [9.17, 15) is 10.1 Å². The predicted molar refractivity (Wildman–Crippen MR) is 146 cm³/mol. The molecule has 7 nitrogen and oxygen atoms in total. The van der Waals surface area contributed by atoms with Crippen LogP contribution in [0.15, 0.2) is 23.4 Å². The van der Waals surface area contributed by atoms with E-state index in [4.69, 9.17) is 27.9 Å². The van der Waals surface area contributed by atoms with Crippen LogP contribution in [0.5, 0.6) is 5.75 Å². The minimum Gasteiger partial charge on any atom is -0.492 e. The second-order valence-corrected chi connectivity index (χ2v) is 11.6. The molecule has 0 radical (unpaired) electrons. The molecule has 1 aliphatic carbocycles. The quantitative estimate of drug-likeness (QED) is 0.226. The summed E-state index contributed by atoms with van der Waals surface area (Å²) in [6, 6.07) is 7.45. The number of ether oxygens (including phenoxy) is 1. The molecule has 4 rings (SSSR count). The Kier molecular flexibility index (Phi) is 9.18. The molecule has 0 saturated heterocycles. The fourth-order valence-electron chi connectivity index (χ4n) is 4.18. The molecule has 1 aliphatic rings. The fourth-order valence-corrected chi connectivity index (χ4v) is 6.84. The molecule has 1 atom stereocenters. The smallest absolute Gasteiger partial charge is 0.235 e. The van der Waals surface area contributed by atoms with Gasteiger partial charge in [0.25, 0.3) is 0 Å². The molecule has 3 aromatic rings. The summed E-state index contributed by atoms with van der Waals surface area (Å²) >= 11 is 15.0. The first-order valence-electron chi connectivity index (χ1n) is 11.9. The van der Waals surface area contributed by atoms with Crippen LogP contribution in [0.1, 0.15) is 48.5 Å². The van der Waals surface area contributed by atoms with Gasteiger partial charge in [-0.05, 0) is 62.3 Å². The van der Waals surface area contributed by atoms with Crippen molar-refractivity contribution < 1.29 is 9.53 Å². The van der Waals surface area contributed by atoms with E-state index in [0.29, 0.717) is 57.0 Å². The van der Waals surface area contributed by atoms with Crippen molar-refractivity contribution in [1.82, 2.24) is 14.8 Å². The van der Waals surface area contributed by atoms with Gasteiger partial charge >= 0.3 is 0 Å². The average molecular weight is 565 g/mol. The van der Waals surface area contributed by atoms with Gasteiger partial charge in [0.15, 0.2) is 5.16 Å². The maximum atomic E-state index is 12.7. The molecule has 0 spiro atoms. The van der Waals surface area contributed by atoms with Gasteiger partial charge in [0, 0.05) is 22.9 Å². The molecular formula is C25H27Cl2N5O2S2. The number of nitrogens with zero attached hydrogens (tertiary/aromatic N) is 4. The molecular weight excluding hydrogens is 537 g/mol. The second-order valence-electron chi connectivity index (χ2n) is 8.67. The van der Waals surface area contributed by atoms with Gasteiger partial charge in [0.1, 0.15) is 22.6 Å². The number of hydrogen-bond donors (Lipinski definition) is 1. The van der Waals surface area contributed by atoms with Gasteiger partial charge < -0.3 is 14.6 Å². The number of anilines is 1. The summed E-state index contributed by atoms with van der Waals surface area (Å²) in [5.74, 6) is 2.10. The second kappa shape index (κ2) is 12.3. The van der Waals surface area contributed by atoms with E-state index in [-0.39, 0.29) is 11.7 Å². The Morgan fingerprint density at radius 2 is 2.22 bits per heavy atom. The molecule has 190 valence electrons. The number of carbonyl (C=O) groups excluding carboxylic acids is 1. The van der Waals surface area contributed by atoms with Crippen LogP contribution in [0, 0.1) is 17.2 Å². The summed E-state index contributed by atoms with van der Waals surface area (Å²) in [6.45, 7) is 5.43. The number of aromatic nitrogens is 3. The number of thiophene rings is 1. The Morgan fingerprint density at radius 3 is 2.97 bits per heavy atom. The van der Waals surface area contributed by atoms with Crippen LogP contribution < -0.4 is 10.1 Å². The summed E-state index contributed by atoms with van der Waals surface area (Å²) in [6.07, 6.45) is 4.38. The van der Waals surface area contributed by atoms with Gasteiger partial charge in [-0.25, -0.2) is 0 Å². The minimum atomic E-state index is -0.149. The van der Waals surface area contributed by atoms with E-state index in [0.717, 1.165) is 37.1 Å². The third kappa shape index (κ3) is 6.35. The Bertz CT molecular complexity index is 1280. The average Bonchev–Trinajstić information content (AvgIpc) is 3.40. The Labute approximate surface area is 229 Å². The van der Waals surface area contributed by atoms with Crippen LogP contribution in [0.25, 0.3) is 0 Å². The van der Waals surface area contributed by atoms with Crippen molar-refractivity contribution in [1.29, 1.82) is 5.26 Å². The molecule has 0 bridgehead atoms. The number of fused-ring (bicyclic) bond motifs is 1. The Balaban J connectivity index is 1.30. The number of benzene rings is 1. The predicted octanol–water partition coefficient (Wildman–Crippen LogP) is 6.41. The van der Waals surface area contributed by atoms with E-state index in [1.165, 1.54) is 28.0 Å². The molecule has 2 aromatic heterocycles. The highest BCUT2D eigenvalue weighted by Crippen LogP contribution is 2.39. The third-order valence-corrected chi connectivity index (χ3v) is 8.68. The van der Waals surface area contributed by atoms with Crippen molar-refractivity contribution in [2.75, 3.05) is 17.7 Å². The zero-order valence-corrected chi connectivity index (χ0v) is 23.3. The summed E-state index contributed by atoms with van der Waals surface area (Å²) in [5, 5.41) is 23.6. The van der Waals surface area contributed by atoms with Crippen molar-refractivity contribution in [3.63, 3.8) is 0 Å². The molecule has 0 aliphatic heterocycles.